The van der Waals surface area contributed by atoms with Crippen LogP contribution in [0.3, 0.4) is 0 Å². The molecule has 2 rings (SSSR count). The van der Waals surface area contributed by atoms with Crippen LogP contribution in [-0.2, 0) is 5.54 Å². The van der Waals surface area contributed by atoms with E-state index in [1.807, 2.05) is 24.0 Å². The summed E-state index contributed by atoms with van der Waals surface area (Å²) in [5.74, 6) is 0. The summed E-state index contributed by atoms with van der Waals surface area (Å²) >= 11 is 0. The van der Waals surface area contributed by atoms with Crippen molar-refractivity contribution in [2.45, 2.75) is 32.2 Å². The Balaban J connectivity index is 2.11. The van der Waals surface area contributed by atoms with E-state index < -0.39 is 0 Å². The van der Waals surface area contributed by atoms with Crippen molar-refractivity contribution in [3.8, 4) is 6.07 Å². The molecule has 1 aliphatic rings. The summed E-state index contributed by atoms with van der Waals surface area (Å²) in [7, 11) is 0. The smallest absolute Gasteiger partial charge is 0.101 e. The Kier molecular flexibility index (Phi) is 2.97. The van der Waals surface area contributed by atoms with Gasteiger partial charge in [0.2, 0.25) is 0 Å². The summed E-state index contributed by atoms with van der Waals surface area (Å²) in [6.07, 6.45) is 5.62. The molecular weight excluding hydrogens is 200 g/mol. The number of hydrogen-bond acceptors (Lipinski definition) is 3. The molecule has 1 fully saturated rings. The Morgan fingerprint density at radius 2 is 2.31 bits per heavy atom. The Labute approximate surface area is 96.5 Å². The lowest BCUT2D eigenvalue weighted by Gasteiger charge is -2.49. The molecule has 0 radical (unpaired) electrons. The Hall–Kier alpha value is -1.34. The maximum atomic E-state index is 8.94. The first-order valence-electron chi connectivity index (χ1n) is 5.81. The molecule has 2 heterocycles. The second-order valence-electron chi connectivity index (χ2n) is 4.73. The highest BCUT2D eigenvalue weighted by Crippen LogP contribution is 2.31. The second kappa shape index (κ2) is 4.26. The topological polar surface area (TPSA) is 44.9 Å². The minimum absolute atomic E-state index is 0.0713. The molecule has 0 spiro atoms. The van der Waals surface area contributed by atoms with Gasteiger partial charge in [0.25, 0.3) is 0 Å². The maximum absolute atomic E-state index is 8.94. The van der Waals surface area contributed by atoms with E-state index in [-0.39, 0.29) is 5.54 Å². The summed E-state index contributed by atoms with van der Waals surface area (Å²) in [5.41, 5.74) is 1.09. The lowest BCUT2D eigenvalue weighted by molar-refractivity contribution is 0.00550. The van der Waals surface area contributed by atoms with Gasteiger partial charge in [-0.15, -0.1) is 0 Å². The van der Waals surface area contributed by atoms with Crippen LogP contribution >= 0.6 is 0 Å². The number of rotatable bonds is 4. The Morgan fingerprint density at radius 3 is 2.81 bits per heavy atom. The quantitative estimate of drug-likeness (QED) is 0.769. The van der Waals surface area contributed by atoms with E-state index >= 15 is 0 Å². The Morgan fingerprint density at radius 1 is 1.56 bits per heavy atom. The van der Waals surface area contributed by atoms with Gasteiger partial charge in [-0.05, 0) is 25.5 Å². The van der Waals surface area contributed by atoms with Crippen molar-refractivity contribution >= 4 is 0 Å². The molecule has 16 heavy (non-hydrogen) atoms. The first-order valence-corrected chi connectivity index (χ1v) is 5.81. The summed E-state index contributed by atoms with van der Waals surface area (Å²) in [4.78, 5) is 2.38. The highest BCUT2D eigenvalue weighted by molar-refractivity contribution is 5.09. The van der Waals surface area contributed by atoms with Crippen molar-refractivity contribution in [3.05, 3.63) is 18.0 Å². The molecule has 0 amide bonds. The number of hydrogen-bond donors (Lipinski definition) is 0. The van der Waals surface area contributed by atoms with Gasteiger partial charge in [0.05, 0.1) is 18.7 Å². The number of aryl methyl sites for hydroxylation is 1. The first-order chi connectivity index (χ1) is 7.70. The lowest BCUT2D eigenvalue weighted by atomic mass is 9.86. The van der Waals surface area contributed by atoms with Gasteiger partial charge in [-0.1, -0.05) is 6.92 Å². The van der Waals surface area contributed by atoms with Crippen molar-refractivity contribution in [2.75, 3.05) is 19.6 Å². The van der Waals surface area contributed by atoms with Crippen LogP contribution in [0.5, 0.6) is 0 Å². The van der Waals surface area contributed by atoms with Gasteiger partial charge in [0.1, 0.15) is 5.54 Å². The maximum Gasteiger partial charge on any atom is 0.101 e. The third-order valence-electron chi connectivity index (χ3n) is 3.18. The van der Waals surface area contributed by atoms with Gasteiger partial charge < -0.3 is 0 Å². The third kappa shape index (κ3) is 1.83. The minimum atomic E-state index is -0.0713. The molecule has 1 aliphatic heterocycles. The molecule has 1 aromatic heterocycles. The van der Waals surface area contributed by atoms with Gasteiger partial charge >= 0.3 is 0 Å². The molecule has 0 saturated carbocycles. The van der Waals surface area contributed by atoms with Gasteiger partial charge in [-0.25, -0.2) is 0 Å². The van der Waals surface area contributed by atoms with E-state index in [9.17, 15) is 0 Å². The van der Waals surface area contributed by atoms with Crippen LogP contribution in [0, 0.1) is 18.3 Å². The predicted octanol–water partition coefficient (Wildman–Crippen LogP) is 1.53. The monoisotopic (exact) mass is 218 g/mol. The normalized spacial score (nSPS) is 19.1. The third-order valence-corrected chi connectivity index (χ3v) is 3.18. The highest BCUT2D eigenvalue weighted by Gasteiger charge is 2.44. The zero-order chi connectivity index (χ0) is 11.6. The van der Waals surface area contributed by atoms with Gasteiger partial charge in [-0.3, -0.25) is 9.58 Å². The van der Waals surface area contributed by atoms with Crippen molar-refractivity contribution < 1.29 is 0 Å². The molecule has 4 heteroatoms. The number of aromatic nitrogens is 2. The second-order valence-corrected chi connectivity index (χ2v) is 4.73. The van der Waals surface area contributed by atoms with Gasteiger partial charge in [-0.2, -0.15) is 10.4 Å². The average molecular weight is 218 g/mol. The molecule has 1 saturated heterocycles. The molecule has 0 aliphatic carbocycles. The van der Waals surface area contributed by atoms with E-state index in [0.717, 1.165) is 25.2 Å². The highest BCUT2D eigenvalue weighted by atomic mass is 15.4. The molecule has 0 N–H and O–H groups in total. The molecule has 0 atom stereocenters. The number of likely N-dealkylation sites (tertiary alicyclic amines) is 1. The van der Waals surface area contributed by atoms with Crippen LogP contribution in [0.2, 0.25) is 0 Å². The van der Waals surface area contributed by atoms with E-state index in [1.165, 1.54) is 6.42 Å². The fourth-order valence-corrected chi connectivity index (χ4v) is 2.42. The molecule has 1 aromatic rings. The first kappa shape index (κ1) is 11.2. The summed E-state index contributed by atoms with van der Waals surface area (Å²) in [6.45, 7) is 7.24. The van der Waals surface area contributed by atoms with Crippen LogP contribution in [0.15, 0.2) is 12.4 Å². The SMILES string of the molecule is CCCN1CC(CC#N)(n2cc(C)cn2)C1. The van der Waals surface area contributed by atoms with E-state index in [0.29, 0.717) is 6.42 Å². The summed E-state index contributed by atoms with van der Waals surface area (Å²) in [5, 5.41) is 13.3. The molecule has 4 nitrogen and oxygen atoms in total. The van der Waals surface area contributed by atoms with Crippen molar-refractivity contribution in [1.82, 2.24) is 14.7 Å². The molecule has 0 bridgehead atoms. The van der Waals surface area contributed by atoms with Gasteiger partial charge in [0, 0.05) is 19.3 Å². The minimum Gasteiger partial charge on any atom is -0.298 e. The van der Waals surface area contributed by atoms with E-state index in [1.54, 1.807) is 0 Å². The van der Waals surface area contributed by atoms with E-state index in [2.05, 4.69) is 23.0 Å². The lowest BCUT2D eigenvalue weighted by Crippen LogP contribution is -2.62. The molecular formula is C12H18N4. The average Bonchev–Trinajstić information content (AvgIpc) is 2.62. The van der Waals surface area contributed by atoms with Crippen molar-refractivity contribution in [2.24, 2.45) is 0 Å². The van der Waals surface area contributed by atoms with E-state index in [4.69, 9.17) is 5.26 Å². The van der Waals surface area contributed by atoms with Crippen LogP contribution < -0.4 is 0 Å². The van der Waals surface area contributed by atoms with Crippen LogP contribution in [0.4, 0.5) is 0 Å². The van der Waals surface area contributed by atoms with Crippen LogP contribution in [-0.4, -0.2) is 34.3 Å². The predicted molar refractivity (Wildman–Crippen MR) is 61.9 cm³/mol. The fourth-order valence-electron chi connectivity index (χ4n) is 2.42. The van der Waals surface area contributed by atoms with Crippen molar-refractivity contribution in [1.29, 1.82) is 5.26 Å². The summed E-state index contributed by atoms with van der Waals surface area (Å²) < 4.78 is 1.98. The fraction of sp³-hybridized carbons (Fsp3) is 0.667. The standard InChI is InChI=1S/C12H18N4/c1-3-6-15-9-12(10-15,4-5-13)16-8-11(2)7-14-16/h7-8H,3-4,6,9-10H2,1-2H3. The molecule has 0 unspecified atom stereocenters. The number of nitrogens with zero attached hydrogens (tertiary/aromatic N) is 4. The summed E-state index contributed by atoms with van der Waals surface area (Å²) in [6, 6.07) is 2.29. The largest absolute Gasteiger partial charge is 0.298 e. The van der Waals surface area contributed by atoms with Crippen molar-refractivity contribution in [3.63, 3.8) is 0 Å². The molecule has 86 valence electrons. The molecule has 0 aromatic carbocycles. The Bertz CT molecular complexity index is 395. The zero-order valence-electron chi connectivity index (χ0n) is 9.98. The van der Waals surface area contributed by atoms with Gasteiger partial charge in [0.15, 0.2) is 0 Å². The van der Waals surface area contributed by atoms with Crippen LogP contribution in [0.1, 0.15) is 25.3 Å². The van der Waals surface area contributed by atoms with Crippen LogP contribution in [0.25, 0.3) is 0 Å². The number of nitriles is 1. The zero-order valence-corrected chi connectivity index (χ0v) is 9.98.